The molecule has 1 aromatic rings. The number of benzene rings is 1. The first-order chi connectivity index (χ1) is 9.04. The summed E-state index contributed by atoms with van der Waals surface area (Å²) in [6, 6.07) is 9.08. The van der Waals surface area contributed by atoms with E-state index in [0.717, 1.165) is 5.56 Å². The molecule has 0 saturated heterocycles. The predicted molar refractivity (Wildman–Crippen MR) is 81.6 cm³/mol. The predicted octanol–water partition coefficient (Wildman–Crippen LogP) is 1.09. The van der Waals surface area contributed by atoms with Gasteiger partial charge in [0.15, 0.2) is 0 Å². The van der Waals surface area contributed by atoms with Gasteiger partial charge in [0, 0.05) is 26.1 Å². The average Bonchev–Trinajstić information content (AvgIpc) is 2.44. The van der Waals surface area contributed by atoms with Crippen molar-refractivity contribution in [2.24, 2.45) is 5.73 Å². The van der Waals surface area contributed by atoms with Crippen molar-refractivity contribution < 1.29 is 9.59 Å². The van der Waals surface area contributed by atoms with E-state index in [2.05, 4.69) is 5.32 Å². The number of rotatable bonds is 6. The first-order valence-corrected chi connectivity index (χ1v) is 6.35. The van der Waals surface area contributed by atoms with E-state index in [9.17, 15) is 9.59 Å². The van der Waals surface area contributed by atoms with Crippen LogP contribution in [-0.4, -0.2) is 36.9 Å². The van der Waals surface area contributed by atoms with Crippen LogP contribution < -0.4 is 11.1 Å². The lowest BCUT2D eigenvalue weighted by molar-refractivity contribution is -0.131. The number of nitrogens with zero attached hydrogens (tertiary/aromatic N) is 1. The van der Waals surface area contributed by atoms with Crippen molar-refractivity contribution in [3.8, 4) is 0 Å². The van der Waals surface area contributed by atoms with Gasteiger partial charge >= 0.3 is 0 Å². The molecule has 6 heteroatoms. The summed E-state index contributed by atoms with van der Waals surface area (Å²) in [4.78, 5) is 24.7. The number of nitrogens with one attached hydrogen (secondary N) is 1. The van der Waals surface area contributed by atoms with Crippen molar-refractivity contribution >= 4 is 24.2 Å². The fraction of sp³-hybridized carbons (Fsp3) is 0.429. The quantitative estimate of drug-likeness (QED) is 0.826. The summed E-state index contributed by atoms with van der Waals surface area (Å²) in [6.45, 7) is 2.52. The van der Waals surface area contributed by atoms with Crippen LogP contribution in [0.1, 0.15) is 24.9 Å². The van der Waals surface area contributed by atoms with Crippen LogP contribution in [0.3, 0.4) is 0 Å². The van der Waals surface area contributed by atoms with E-state index in [0.29, 0.717) is 6.54 Å². The number of hydrogen-bond acceptors (Lipinski definition) is 3. The molecule has 2 amide bonds. The lowest BCUT2D eigenvalue weighted by Crippen LogP contribution is -2.38. The highest BCUT2D eigenvalue weighted by molar-refractivity contribution is 5.85. The topological polar surface area (TPSA) is 75.4 Å². The van der Waals surface area contributed by atoms with Crippen LogP contribution in [0.25, 0.3) is 0 Å². The number of halogens is 1. The standard InChI is InChI=1S/C14H21N3O2.ClH/c1-3-17(2)14(19)10-16-13(18)9-12(15)11-7-5-4-6-8-11;/h4-8,12H,3,9-10,15H2,1-2H3,(H,16,18);1H. The molecule has 1 atom stereocenters. The van der Waals surface area contributed by atoms with Crippen LogP contribution >= 0.6 is 12.4 Å². The molecule has 0 heterocycles. The molecule has 0 radical (unpaired) electrons. The van der Waals surface area contributed by atoms with Gasteiger partial charge in [-0.3, -0.25) is 9.59 Å². The summed E-state index contributed by atoms with van der Waals surface area (Å²) < 4.78 is 0. The van der Waals surface area contributed by atoms with Crippen LogP contribution in [0.2, 0.25) is 0 Å². The smallest absolute Gasteiger partial charge is 0.241 e. The van der Waals surface area contributed by atoms with Crippen molar-refractivity contribution in [1.82, 2.24) is 10.2 Å². The Balaban J connectivity index is 0.00000361. The zero-order valence-electron chi connectivity index (χ0n) is 11.8. The van der Waals surface area contributed by atoms with Crippen LogP contribution in [0.4, 0.5) is 0 Å². The van der Waals surface area contributed by atoms with Gasteiger partial charge in [-0.15, -0.1) is 12.4 Å². The highest BCUT2D eigenvalue weighted by Gasteiger charge is 2.13. The molecule has 3 N–H and O–H groups in total. The molecule has 0 spiro atoms. The fourth-order valence-electron chi connectivity index (χ4n) is 1.58. The first-order valence-electron chi connectivity index (χ1n) is 6.35. The molecule has 5 nitrogen and oxygen atoms in total. The Morgan fingerprint density at radius 2 is 1.90 bits per heavy atom. The van der Waals surface area contributed by atoms with Crippen molar-refractivity contribution in [3.05, 3.63) is 35.9 Å². The van der Waals surface area contributed by atoms with Crippen molar-refractivity contribution in [2.45, 2.75) is 19.4 Å². The van der Waals surface area contributed by atoms with Crippen LogP contribution in [-0.2, 0) is 9.59 Å². The molecule has 0 fully saturated rings. The number of hydrogen-bond donors (Lipinski definition) is 2. The minimum absolute atomic E-state index is 0. The molecule has 112 valence electrons. The molecule has 20 heavy (non-hydrogen) atoms. The SMILES string of the molecule is CCN(C)C(=O)CNC(=O)CC(N)c1ccccc1.Cl. The maximum atomic E-state index is 11.7. The number of carbonyl (C=O) groups is 2. The van der Waals surface area contributed by atoms with Gasteiger partial charge in [-0.05, 0) is 12.5 Å². The summed E-state index contributed by atoms with van der Waals surface area (Å²) in [7, 11) is 1.70. The Hall–Kier alpha value is -1.59. The highest BCUT2D eigenvalue weighted by atomic mass is 35.5. The highest BCUT2D eigenvalue weighted by Crippen LogP contribution is 2.12. The number of nitrogens with two attached hydrogens (primary N) is 1. The third-order valence-electron chi connectivity index (χ3n) is 2.97. The molecule has 0 aliphatic carbocycles. The Bertz CT molecular complexity index is 426. The van der Waals surface area contributed by atoms with Crippen molar-refractivity contribution in [1.29, 1.82) is 0 Å². The van der Waals surface area contributed by atoms with Crippen molar-refractivity contribution in [3.63, 3.8) is 0 Å². The van der Waals surface area contributed by atoms with Gasteiger partial charge < -0.3 is 16.0 Å². The Morgan fingerprint density at radius 3 is 2.45 bits per heavy atom. The fourth-order valence-corrected chi connectivity index (χ4v) is 1.58. The van der Waals surface area contributed by atoms with Gasteiger partial charge in [-0.1, -0.05) is 30.3 Å². The monoisotopic (exact) mass is 299 g/mol. The van der Waals surface area contributed by atoms with Gasteiger partial charge in [0.1, 0.15) is 0 Å². The van der Waals surface area contributed by atoms with Gasteiger partial charge in [0.2, 0.25) is 11.8 Å². The maximum Gasteiger partial charge on any atom is 0.241 e. The molecular weight excluding hydrogens is 278 g/mol. The zero-order chi connectivity index (χ0) is 14.3. The van der Waals surface area contributed by atoms with E-state index >= 15 is 0 Å². The molecule has 0 aromatic heterocycles. The molecule has 0 bridgehead atoms. The summed E-state index contributed by atoms with van der Waals surface area (Å²) in [5, 5.41) is 2.59. The van der Waals surface area contributed by atoms with E-state index in [4.69, 9.17) is 5.73 Å². The third kappa shape index (κ3) is 6.04. The summed E-state index contributed by atoms with van der Waals surface area (Å²) in [5.41, 5.74) is 6.84. The van der Waals surface area contributed by atoms with Gasteiger partial charge in [-0.25, -0.2) is 0 Å². The number of carbonyl (C=O) groups excluding carboxylic acids is 2. The van der Waals surface area contributed by atoms with E-state index in [1.165, 1.54) is 0 Å². The average molecular weight is 300 g/mol. The zero-order valence-corrected chi connectivity index (χ0v) is 12.7. The minimum Gasteiger partial charge on any atom is -0.347 e. The number of likely N-dealkylation sites (N-methyl/N-ethyl adjacent to an activating group) is 1. The molecular formula is C14H22ClN3O2. The Kier molecular flexibility index (Phi) is 8.59. The Morgan fingerprint density at radius 1 is 1.30 bits per heavy atom. The molecule has 0 aliphatic heterocycles. The molecule has 1 aromatic carbocycles. The van der Waals surface area contributed by atoms with E-state index in [1.54, 1.807) is 11.9 Å². The molecule has 1 unspecified atom stereocenters. The van der Waals surface area contributed by atoms with Gasteiger partial charge in [0.25, 0.3) is 0 Å². The van der Waals surface area contributed by atoms with E-state index in [1.807, 2.05) is 37.3 Å². The van der Waals surface area contributed by atoms with Crippen LogP contribution in [0, 0.1) is 0 Å². The van der Waals surface area contributed by atoms with Gasteiger partial charge in [0.05, 0.1) is 6.54 Å². The number of amides is 2. The Labute approximate surface area is 125 Å². The minimum atomic E-state index is -0.347. The summed E-state index contributed by atoms with van der Waals surface area (Å²) in [5.74, 6) is -0.321. The lowest BCUT2D eigenvalue weighted by atomic mass is 10.0. The second-order valence-electron chi connectivity index (χ2n) is 4.41. The van der Waals surface area contributed by atoms with Gasteiger partial charge in [-0.2, -0.15) is 0 Å². The largest absolute Gasteiger partial charge is 0.347 e. The first kappa shape index (κ1) is 18.4. The second-order valence-corrected chi connectivity index (χ2v) is 4.41. The molecule has 1 rings (SSSR count). The summed E-state index contributed by atoms with van der Waals surface area (Å²) in [6.07, 6.45) is 0.174. The van der Waals surface area contributed by atoms with E-state index in [-0.39, 0.29) is 43.2 Å². The summed E-state index contributed by atoms with van der Waals surface area (Å²) >= 11 is 0. The van der Waals surface area contributed by atoms with E-state index < -0.39 is 0 Å². The normalized spacial score (nSPS) is 11.2. The van der Waals surface area contributed by atoms with Crippen molar-refractivity contribution in [2.75, 3.05) is 20.1 Å². The second kappa shape index (κ2) is 9.34. The maximum absolute atomic E-state index is 11.7. The van der Waals surface area contributed by atoms with Crippen LogP contribution in [0.15, 0.2) is 30.3 Å². The third-order valence-corrected chi connectivity index (χ3v) is 2.97. The molecule has 0 aliphatic rings. The van der Waals surface area contributed by atoms with Crippen LogP contribution in [0.5, 0.6) is 0 Å². The lowest BCUT2D eigenvalue weighted by Gasteiger charge is -2.16. The molecule has 0 saturated carbocycles.